The van der Waals surface area contributed by atoms with Crippen LogP contribution in [-0.4, -0.2) is 4.57 Å². The number of nitrogens with zero attached hydrogens (tertiary/aromatic N) is 2. The lowest BCUT2D eigenvalue weighted by Gasteiger charge is -2.08. The van der Waals surface area contributed by atoms with E-state index in [1.807, 2.05) is 0 Å². The molecule has 0 fully saturated rings. The van der Waals surface area contributed by atoms with E-state index in [1.165, 1.54) is 148 Å². The Morgan fingerprint density at radius 1 is 0.576 bits per heavy atom. The third-order valence-corrected chi connectivity index (χ3v) is 7.35. The van der Waals surface area contributed by atoms with E-state index in [-0.39, 0.29) is 0 Å². The predicted molar refractivity (Wildman–Crippen MR) is 147 cm³/mol. The molecule has 0 N–H and O–H groups in total. The van der Waals surface area contributed by atoms with Gasteiger partial charge in [0.25, 0.3) is 5.82 Å². The summed E-state index contributed by atoms with van der Waals surface area (Å²) in [6.45, 7) is 10.5. The zero-order valence-electron chi connectivity index (χ0n) is 23.4. The molecule has 0 amide bonds. The Labute approximate surface area is 208 Å². The van der Waals surface area contributed by atoms with E-state index < -0.39 is 0 Å². The van der Waals surface area contributed by atoms with Gasteiger partial charge in [0, 0.05) is 6.42 Å². The van der Waals surface area contributed by atoms with Gasteiger partial charge in [0.1, 0.15) is 12.4 Å². The third kappa shape index (κ3) is 15.7. The Kier molecular flexibility index (Phi) is 19.9. The number of rotatable bonds is 24. The van der Waals surface area contributed by atoms with Gasteiger partial charge < -0.3 is 0 Å². The first-order valence-electron chi connectivity index (χ1n) is 15.3. The lowest BCUT2D eigenvalue weighted by atomic mass is 10.0. The maximum absolute atomic E-state index is 2.55. The zero-order chi connectivity index (χ0) is 24.0. The normalized spacial score (nSPS) is 11.7. The third-order valence-electron chi connectivity index (χ3n) is 7.35. The standard InChI is InChI=1S/C31H61N2/c1-5-7-9-11-12-13-14-15-16-17-18-19-20-21-22-24-26-31-32(27-25-23-10-8-6-2)28-29-33(31)30(3)4/h28-30H,5-27H2,1-4H3/q+1. The van der Waals surface area contributed by atoms with Crippen molar-refractivity contribution >= 4 is 0 Å². The molecule has 0 radical (unpaired) electrons. The molecule has 0 aromatic carbocycles. The second-order valence-electron chi connectivity index (χ2n) is 10.9. The minimum atomic E-state index is 0.572. The molecule has 33 heavy (non-hydrogen) atoms. The first-order valence-corrected chi connectivity index (χ1v) is 15.3. The van der Waals surface area contributed by atoms with E-state index in [0.717, 1.165) is 0 Å². The summed E-state index contributed by atoms with van der Waals surface area (Å²) in [6.07, 6.45) is 35.9. The fourth-order valence-electron chi connectivity index (χ4n) is 5.14. The molecule has 2 heteroatoms. The molecule has 0 spiro atoms. The molecule has 194 valence electrons. The number of hydrogen-bond acceptors (Lipinski definition) is 0. The van der Waals surface area contributed by atoms with Crippen LogP contribution in [0.5, 0.6) is 0 Å². The number of aryl methyl sites for hydroxylation is 1. The van der Waals surface area contributed by atoms with E-state index in [1.54, 1.807) is 5.82 Å². The number of hydrogen-bond donors (Lipinski definition) is 0. The molecule has 1 heterocycles. The summed E-state index contributed by atoms with van der Waals surface area (Å²) in [4.78, 5) is 0. The molecule has 1 aromatic rings. The number of unbranched alkanes of at least 4 members (excludes halogenated alkanes) is 19. The Morgan fingerprint density at radius 2 is 0.970 bits per heavy atom. The van der Waals surface area contributed by atoms with Gasteiger partial charge in [-0.25, -0.2) is 9.13 Å². The maximum atomic E-state index is 2.55. The molecular weight excluding hydrogens is 400 g/mol. The topological polar surface area (TPSA) is 8.81 Å². The van der Waals surface area contributed by atoms with E-state index in [2.05, 4.69) is 49.2 Å². The van der Waals surface area contributed by atoms with Gasteiger partial charge in [0.2, 0.25) is 0 Å². The van der Waals surface area contributed by atoms with E-state index in [9.17, 15) is 0 Å². The van der Waals surface area contributed by atoms with Gasteiger partial charge in [-0.3, -0.25) is 0 Å². The van der Waals surface area contributed by atoms with Gasteiger partial charge in [-0.05, 0) is 33.1 Å². The summed E-state index contributed by atoms with van der Waals surface area (Å²) in [5.74, 6) is 1.56. The number of aromatic nitrogens is 2. The maximum Gasteiger partial charge on any atom is 0.256 e. The summed E-state index contributed by atoms with van der Waals surface area (Å²) in [6, 6.07) is 0.572. The largest absolute Gasteiger partial charge is 0.256 e. The van der Waals surface area contributed by atoms with Gasteiger partial charge in [-0.15, -0.1) is 0 Å². The van der Waals surface area contributed by atoms with Crippen LogP contribution >= 0.6 is 0 Å². The molecule has 0 aliphatic rings. The van der Waals surface area contributed by atoms with Gasteiger partial charge >= 0.3 is 0 Å². The van der Waals surface area contributed by atoms with E-state index in [4.69, 9.17) is 0 Å². The molecule has 1 rings (SSSR count). The van der Waals surface area contributed by atoms with Crippen LogP contribution in [0.25, 0.3) is 0 Å². The van der Waals surface area contributed by atoms with E-state index in [0.29, 0.717) is 6.04 Å². The minimum Gasteiger partial charge on any atom is -0.234 e. The SMILES string of the molecule is CCCCCCCCCCCCCCCCCCc1n(C(C)C)cc[n+]1CCCCCCC. The Hall–Kier alpha value is -0.790. The second kappa shape index (κ2) is 21.7. The molecule has 0 atom stereocenters. The molecule has 0 unspecified atom stereocenters. The summed E-state index contributed by atoms with van der Waals surface area (Å²) in [5, 5.41) is 0. The Morgan fingerprint density at radius 3 is 1.39 bits per heavy atom. The summed E-state index contributed by atoms with van der Waals surface area (Å²) in [7, 11) is 0. The van der Waals surface area contributed by atoms with Crippen LogP contribution < -0.4 is 4.57 Å². The van der Waals surface area contributed by atoms with Gasteiger partial charge in [-0.2, -0.15) is 0 Å². The van der Waals surface area contributed by atoms with E-state index >= 15 is 0 Å². The lowest BCUT2D eigenvalue weighted by molar-refractivity contribution is -0.704. The summed E-state index contributed by atoms with van der Waals surface area (Å²) < 4.78 is 5.06. The fraction of sp³-hybridized carbons (Fsp3) is 0.903. The average molecular weight is 462 g/mol. The molecule has 0 aliphatic heterocycles. The summed E-state index contributed by atoms with van der Waals surface area (Å²) in [5.41, 5.74) is 0. The number of imidazole rings is 1. The quantitative estimate of drug-likeness (QED) is 0.107. The monoisotopic (exact) mass is 461 g/mol. The first-order chi connectivity index (χ1) is 16.2. The molecule has 0 saturated heterocycles. The van der Waals surface area contributed by atoms with Crippen molar-refractivity contribution in [2.75, 3.05) is 0 Å². The molecule has 2 nitrogen and oxygen atoms in total. The van der Waals surface area contributed by atoms with Crippen LogP contribution in [-0.2, 0) is 13.0 Å². The first kappa shape index (κ1) is 30.2. The fourth-order valence-corrected chi connectivity index (χ4v) is 5.14. The van der Waals surface area contributed by atoms with Crippen LogP contribution in [0.1, 0.15) is 174 Å². The molecular formula is C31H61N2+. The van der Waals surface area contributed by atoms with Crippen molar-refractivity contribution in [2.45, 2.75) is 182 Å². The zero-order valence-corrected chi connectivity index (χ0v) is 23.4. The van der Waals surface area contributed by atoms with Crippen LogP contribution in [0.3, 0.4) is 0 Å². The van der Waals surface area contributed by atoms with Crippen molar-refractivity contribution < 1.29 is 4.57 Å². The highest BCUT2D eigenvalue weighted by molar-refractivity contribution is 4.86. The van der Waals surface area contributed by atoms with Crippen LogP contribution in [0.15, 0.2) is 12.4 Å². The molecule has 0 bridgehead atoms. The highest BCUT2D eigenvalue weighted by atomic mass is 15.2. The van der Waals surface area contributed by atoms with Gasteiger partial charge in [0.05, 0.1) is 12.6 Å². The highest BCUT2D eigenvalue weighted by Crippen LogP contribution is 2.15. The smallest absolute Gasteiger partial charge is 0.234 e. The van der Waals surface area contributed by atoms with Crippen molar-refractivity contribution in [1.82, 2.24) is 4.57 Å². The van der Waals surface area contributed by atoms with Crippen molar-refractivity contribution in [1.29, 1.82) is 0 Å². The van der Waals surface area contributed by atoms with Gasteiger partial charge in [-0.1, -0.05) is 129 Å². The lowest BCUT2D eigenvalue weighted by Crippen LogP contribution is -2.37. The van der Waals surface area contributed by atoms with Crippen LogP contribution in [0.2, 0.25) is 0 Å². The minimum absolute atomic E-state index is 0.572. The average Bonchev–Trinajstić information content (AvgIpc) is 3.21. The van der Waals surface area contributed by atoms with Crippen LogP contribution in [0, 0.1) is 0 Å². The van der Waals surface area contributed by atoms with Crippen molar-refractivity contribution in [3.8, 4) is 0 Å². The summed E-state index contributed by atoms with van der Waals surface area (Å²) >= 11 is 0. The Balaban J connectivity index is 2.04. The molecule has 1 aromatic heterocycles. The van der Waals surface area contributed by atoms with Crippen molar-refractivity contribution in [2.24, 2.45) is 0 Å². The van der Waals surface area contributed by atoms with Crippen molar-refractivity contribution in [3.63, 3.8) is 0 Å². The Bertz CT molecular complexity index is 531. The van der Waals surface area contributed by atoms with Crippen LogP contribution in [0.4, 0.5) is 0 Å². The second-order valence-corrected chi connectivity index (χ2v) is 10.9. The van der Waals surface area contributed by atoms with Gasteiger partial charge in [0.15, 0.2) is 0 Å². The van der Waals surface area contributed by atoms with Crippen molar-refractivity contribution in [3.05, 3.63) is 18.2 Å². The highest BCUT2D eigenvalue weighted by Gasteiger charge is 2.18. The predicted octanol–water partition coefficient (Wildman–Crippen LogP) is 10.1. The molecule has 0 saturated carbocycles. The molecule has 0 aliphatic carbocycles.